The molecule has 1 aliphatic rings. The van der Waals surface area contributed by atoms with E-state index in [0.29, 0.717) is 19.7 Å². The number of hydrogen-bond donors (Lipinski definition) is 1. The van der Waals surface area contributed by atoms with Crippen LogP contribution in [0.3, 0.4) is 0 Å². The van der Waals surface area contributed by atoms with E-state index in [-0.39, 0.29) is 6.09 Å². The van der Waals surface area contributed by atoms with Gasteiger partial charge in [-0.1, -0.05) is 42.5 Å². The summed E-state index contributed by atoms with van der Waals surface area (Å²) < 4.78 is 10.9. The molecule has 1 amide bonds. The lowest BCUT2D eigenvalue weighted by atomic mass is 10.0. The fraction of sp³-hybridized carbons (Fsp3) is 0.250. The third kappa shape index (κ3) is 2.93. The Morgan fingerprint density at radius 1 is 1.16 bits per heavy atom. The van der Waals surface area contributed by atoms with Crippen LogP contribution in [0.1, 0.15) is 16.8 Å². The van der Waals surface area contributed by atoms with Crippen molar-refractivity contribution in [1.82, 2.24) is 9.88 Å². The van der Waals surface area contributed by atoms with Crippen LogP contribution in [0.25, 0.3) is 10.9 Å². The Kier molecular flexibility index (Phi) is 4.06. The van der Waals surface area contributed by atoms with Crippen LogP contribution in [0.15, 0.2) is 48.5 Å². The number of nitrogens with one attached hydrogen (secondary N) is 1. The molecule has 5 nitrogen and oxygen atoms in total. The second-order valence-electron chi connectivity index (χ2n) is 6.18. The number of nitrogens with zero attached hydrogens (tertiary/aromatic N) is 1. The highest BCUT2D eigenvalue weighted by atomic mass is 16.6. The molecule has 0 saturated heterocycles. The number of aromatic nitrogens is 1. The molecule has 0 radical (unpaired) electrons. The molecule has 4 rings (SSSR count). The molecule has 128 valence electrons. The van der Waals surface area contributed by atoms with Crippen LogP contribution < -0.4 is 4.74 Å². The first-order valence-electron chi connectivity index (χ1n) is 8.38. The number of H-pyrrole nitrogens is 1. The second-order valence-corrected chi connectivity index (χ2v) is 6.18. The van der Waals surface area contributed by atoms with Crippen molar-refractivity contribution in [3.05, 3.63) is 65.4 Å². The quantitative estimate of drug-likeness (QED) is 0.790. The van der Waals surface area contributed by atoms with Crippen LogP contribution in [0.5, 0.6) is 5.75 Å². The largest absolute Gasteiger partial charge is 0.495 e. The first-order chi connectivity index (χ1) is 12.3. The standard InChI is InChI=1S/C20H20N2O3/c1-24-18-9-5-8-15-16-12-22(11-10-17(16)21-19(15)18)20(23)25-13-14-6-3-2-4-7-14/h2-9,21H,10-13H2,1H3. The number of benzene rings is 2. The van der Waals surface area contributed by atoms with E-state index in [1.165, 1.54) is 5.69 Å². The molecule has 0 atom stereocenters. The minimum atomic E-state index is -0.272. The number of aromatic amines is 1. The third-order valence-electron chi connectivity index (χ3n) is 4.66. The van der Waals surface area contributed by atoms with E-state index < -0.39 is 0 Å². The van der Waals surface area contributed by atoms with Crippen LogP contribution in [0, 0.1) is 0 Å². The van der Waals surface area contributed by atoms with Gasteiger partial charge in [0.05, 0.1) is 19.2 Å². The Balaban J connectivity index is 1.51. The lowest BCUT2D eigenvalue weighted by Gasteiger charge is -2.26. The maximum absolute atomic E-state index is 12.4. The molecule has 3 aromatic rings. The van der Waals surface area contributed by atoms with E-state index in [1.54, 1.807) is 12.0 Å². The maximum atomic E-state index is 12.4. The van der Waals surface area contributed by atoms with Gasteiger partial charge in [-0.3, -0.25) is 0 Å². The molecule has 0 aliphatic carbocycles. The lowest BCUT2D eigenvalue weighted by Crippen LogP contribution is -2.36. The zero-order valence-electron chi connectivity index (χ0n) is 14.1. The van der Waals surface area contributed by atoms with Crippen LogP contribution in [0.4, 0.5) is 4.79 Å². The molecule has 1 aromatic heterocycles. The van der Waals surface area contributed by atoms with Gasteiger partial charge in [0.1, 0.15) is 12.4 Å². The van der Waals surface area contributed by atoms with Gasteiger partial charge in [-0.05, 0) is 11.6 Å². The Morgan fingerprint density at radius 3 is 2.80 bits per heavy atom. The van der Waals surface area contributed by atoms with Crippen LogP contribution in [-0.4, -0.2) is 29.6 Å². The van der Waals surface area contributed by atoms with Gasteiger partial charge in [0.25, 0.3) is 0 Å². The SMILES string of the molecule is COc1cccc2c3c([nH]c12)CCN(C(=O)OCc1ccccc1)C3. The zero-order valence-corrected chi connectivity index (χ0v) is 14.1. The monoisotopic (exact) mass is 336 g/mol. The van der Waals surface area contributed by atoms with Crippen molar-refractivity contribution in [2.45, 2.75) is 19.6 Å². The maximum Gasteiger partial charge on any atom is 0.410 e. The molecule has 2 aromatic carbocycles. The number of ether oxygens (including phenoxy) is 2. The van der Waals surface area contributed by atoms with Crippen molar-refractivity contribution < 1.29 is 14.3 Å². The first-order valence-corrected chi connectivity index (χ1v) is 8.38. The number of carbonyl (C=O) groups excluding carboxylic acids is 1. The van der Waals surface area contributed by atoms with Gasteiger partial charge in [-0.15, -0.1) is 0 Å². The number of carbonyl (C=O) groups is 1. The molecule has 0 saturated carbocycles. The number of fused-ring (bicyclic) bond motifs is 3. The second kappa shape index (κ2) is 6.51. The Hall–Kier alpha value is -2.95. The molecule has 1 aliphatic heterocycles. The lowest BCUT2D eigenvalue weighted by molar-refractivity contribution is 0.0919. The summed E-state index contributed by atoms with van der Waals surface area (Å²) in [7, 11) is 1.67. The topological polar surface area (TPSA) is 54.6 Å². The predicted molar refractivity (Wildman–Crippen MR) is 95.6 cm³/mol. The number of methoxy groups -OCH3 is 1. The van der Waals surface area contributed by atoms with E-state index in [0.717, 1.165) is 34.2 Å². The summed E-state index contributed by atoms with van der Waals surface area (Å²) in [5, 5.41) is 1.11. The number of rotatable bonds is 3. The van der Waals surface area contributed by atoms with Crippen LogP contribution in [-0.2, 0) is 24.3 Å². The van der Waals surface area contributed by atoms with E-state index >= 15 is 0 Å². The normalized spacial score (nSPS) is 13.6. The average Bonchev–Trinajstić information content (AvgIpc) is 3.05. The molecule has 2 heterocycles. The van der Waals surface area contributed by atoms with E-state index in [1.807, 2.05) is 42.5 Å². The van der Waals surface area contributed by atoms with Gasteiger partial charge in [0.15, 0.2) is 0 Å². The highest BCUT2D eigenvalue weighted by molar-refractivity contribution is 5.90. The molecular formula is C20H20N2O3. The predicted octanol–water partition coefficient (Wildman–Crippen LogP) is 3.87. The van der Waals surface area contributed by atoms with Crippen molar-refractivity contribution in [3.63, 3.8) is 0 Å². The fourth-order valence-corrected chi connectivity index (χ4v) is 3.35. The molecule has 25 heavy (non-hydrogen) atoms. The van der Waals surface area contributed by atoms with Crippen LogP contribution in [0.2, 0.25) is 0 Å². The van der Waals surface area contributed by atoms with Crippen molar-refractivity contribution in [1.29, 1.82) is 0 Å². The average molecular weight is 336 g/mol. The smallest absolute Gasteiger partial charge is 0.410 e. The summed E-state index contributed by atoms with van der Waals surface area (Å²) in [5.74, 6) is 0.824. The Labute approximate surface area is 146 Å². The summed E-state index contributed by atoms with van der Waals surface area (Å²) in [6.45, 7) is 1.50. The molecular weight excluding hydrogens is 316 g/mol. The summed E-state index contributed by atoms with van der Waals surface area (Å²) in [4.78, 5) is 17.6. The third-order valence-corrected chi connectivity index (χ3v) is 4.66. The molecule has 1 N–H and O–H groups in total. The highest BCUT2D eigenvalue weighted by Crippen LogP contribution is 2.32. The van der Waals surface area contributed by atoms with Gasteiger partial charge in [0, 0.05) is 29.6 Å². The Morgan fingerprint density at radius 2 is 2.00 bits per heavy atom. The van der Waals surface area contributed by atoms with E-state index in [2.05, 4.69) is 11.1 Å². The summed E-state index contributed by atoms with van der Waals surface area (Å²) >= 11 is 0. The van der Waals surface area contributed by atoms with Crippen LogP contribution >= 0.6 is 0 Å². The summed E-state index contributed by atoms with van der Waals surface area (Å²) in [6, 6.07) is 15.7. The summed E-state index contributed by atoms with van der Waals surface area (Å²) in [5.41, 5.74) is 4.31. The minimum Gasteiger partial charge on any atom is -0.495 e. The first kappa shape index (κ1) is 15.6. The van der Waals surface area contributed by atoms with Gasteiger partial charge >= 0.3 is 6.09 Å². The molecule has 0 unspecified atom stereocenters. The van der Waals surface area contributed by atoms with Crippen molar-refractivity contribution in [3.8, 4) is 5.75 Å². The summed E-state index contributed by atoms with van der Waals surface area (Å²) in [6.07, 6.45) is 0.514. The number of para-hydroxylation sites is 1. The van der Waals surface area contributed by atoms with Crippen molar-refractivity contribution in [2.24, 2.45) is 0 Å². The van der Waals surface area contributed by atoms with E-state index in [9.17, 15) is 4.79 Å². The minimum absolute atomic E-state index is 0.272. The molecule has 0 fully saturated rings. The zero-order chi connectivity index (χ0) is 17.2. The fourth-order valence-electron chi connectivity index (χ4n) is 3.35. The molecule has 5 heteroatoms. The van der Waals surface area contributed by atoms with Crippen molar-refractivity contribution in [2.75, 3.05) is 13.7 Å². The highest BCUT2D eigenvalue weighted by Gasteiger charge is 2.25. The van der Waals surface area contributed by atoms with Crippen molar-refractivity contribution >= 4 is 17.0 Å². The number of amides is 1. The van der Waals surface area contributed by atoms with Gasteiger partial charge in [0.2, 0.25) is 0 Å². The van der Waals surface area contributed by atoms with Gasteiger partial charge in [-0.2, -0.15) is 0 Å². The Bertz CT molecular complexity index is 902. The van der Waals surface area contributed by atoms with Gasteiger partial charge < -0.3 is 19.4 Å². The number of hydrogen-bond acceptors (Lipinski definition) is 3. The van der Waals surface area contributed by atoms with E-state index in [4.69, 9.17) is 9.47 Å². The van der Waals surface area contributed by atoms with Gasteiger partial charge in [-0.25, -0.2) is 4.79 Å². The molecule has 0 spiro atoms. The molecule has 0 bridgehead atoms.